The highest BCUT2D eigenvalue weighted by atomic mass is 16.3. The lowest BCUT2D eigenvalue weighted by atomic mass is 10.2. The summed E-state index contributed by atoms with van der Waals surface area (Å²) in [5.74, 6) is 0.270. The third kappa shape index (κ3) is 2.41. The predicted octanol–water partition coefficient (Wildman–Crippen LogP) is 1.34. The summed E-state index contributed by atoms with van der Waals surface area (Å²) in [6.07, 6.45) is 4.84. The van der Waals surface area contributed by atoms with Gasteiger partial charge >= 0.3 is 0 Å². The molecule has 84 valence electrons. The molecule has 0 saturated carbocycles. The highest BCUT2D eigenvalue weighted by Gasteiger charge is 2.00. The summed E-state index contributed by atoms with van der Waals surface area (Å²) in [5.41, 5.74) is 2.15. The van der Waals surface area contributed by atoms with Gasteiger partial charge in [-0.3, -0.25) is 0 Å². The van der Waals surface area contributed by atoms with E-state index in [4.69, 9.17) is 0 Å². The fourth-order valence-corrected chi connectivity index (χ4v) is 1.51. The van der Waals surface area contributed by atoms with Crippen molar-refractivity contribution in [1.82, 2.24) is 15.1 Å². The Balaban J connectivity index is 2.15. The van der Waals surface area contributed by atoms with Crippen LogP contribution in [0, 0.1) is 0 Å². The van der Waals surface area contributed by atoms with Gasteiger partial charge < -0.3 is 10.4 Å². The molecule has 4 heteroatoms. The SMILES string of the molecule is CNCCc1cnn(-c2ccc(O)cc2)c1. The zero-order valence-corrected chi connectivity index (χ0v) is 9.22. The molecule has 1 heterocycles. The molecule has 2 N–H and O–H groups in total. The van der Waals surface area contributed by atoms with Gasteiger partial charge in [0.15, 0.2) is 0 Å². The number of nitrogens with zero attached hydrogens (tertiary/aromatic N) is 2. The van der Waals surface area contributed by atoms with E-state index in [0.717, 1.165) is 18.7 Å². The summed E-state index contributed by atoms with van der Waals surface area (Å²) in [6.45, 7) is 0.946. The van der Waals surface area contributed by atoms with E-state index in [1.54, 1.807) is 12.1 Å². The van der Waals surface area contributed by atoms with E-state index in [1.165, 1.54) is 5.56 Å². The molecular weight excluding hydrogens is 202 g/mol. The second-order valence-electron chi connectivity index (χ2n) is 3.66. The van der Waals surface area contributed by atoms with Crippen molar-refractivity contribution in [2.45, 2.75) is 6.42 Å². The summed E-state index contributed by atoms with van der Waals surface area (Å²) in [7, 11) is 1.93. The van der Waals surface area contributed by atoms with E-state index >= 15 is 0 Å². The number of likely N-dealkylation sites (N-methyl/N-ethyl adjacent to an activating group) is 1. The van der Waals surface area contributed by atoms with Crippen molar-refractivity contribution in [3.63, 3.8) is 0 Å². The molecule has 0 fully saturated rings. The molecule has 1 aromatic heterocycles. The first-order valence-corrected chi connectivity index (χ1v) is 5.27. The van der Waals surface area contributed by atoms with Crippen molar-refractivity contribution in [3.05, 3.63) is 42.2 Å². The Labute approximate surface area is 94.5 Å². The van der Waals surface area contributed by atoms with Crippen molar-refractivity contribution >= 4 is 0 Å². The van der Waals surface area contributed by atoms with Crippen molar-refractivity contribution < 1.29 is 5.11 Å². The first-order valence-electron chi connectivity index (χ1n) is 5.27. The predicted molar refractivity (Wildman–Crippen MR) is 62.9 cm³/mol. The van der Waals surface area contributed by atoms with E-state index in [-0.39, 0.29) is 5.75 Å². The molecule has 0 amide bonds. The third-order valence-electron chi connectivity index (χ3n) is 2.41. The molecule has 0 aliphatic heterocycles. The highest BCUT2D eigenvalue weighted by Crippen LogP contribution is 2.13. The molecule has 0 saturated heterocycles. The Kier molecular flexibility index (Phi) is 3.22. The maximum absolute atomic E-state index is 9.19. The first kappa shape index (κ1) is 10.7. The van der Waals surface area contributed by atoms with Crippen molar-refractivity contribution in [2.24, 2.45) is 0 Å². The van der Waals surface area contributed by atoms with Gasteiger partial charge in [-0.05, 0) is 49.8 Å². The lowest BCUT2D eigenvalue weighted by Crippen LogP contribution is -2.09. The smallest absolute Gasteiger partial charge is 0.115 e. The molecule has 0 unspecified atom stereocenters. The summed E-state index contributed by atoms with van der Waals surface area (Å²) < 4.78 is 1.81. The van der Waals surface area contributed by atoms with Crippen LogP contribution in [0.3, 0.4) is 0 Å². The maximum atomic E-state index is 9.19. The van der Waals surface area contributed by atoms with E-state index < -0.39 is 0 Å². The van der Waals surface area contributed by atoms with Gasteiger partial charge in [-0.1, -0.05) is 0 Å². The maximum Gasteiger partial charge on any atom is 0.115 e. The summed E-state index contributed by atoms with van der Waals surface area (Å²) in [5, 5.41) is 16.6. The number of nitrogens with one attached hydrogen (secondary N) is 1. The van der Waals surface area contributed by atoms with Crippen LogP contribution in [0.1, 0.15) is 5.56 Å². The molecule has 0 spiro atoms. The lowest BCUT2D eigenvalue weighted by Gasteiger charge is -2.00. The fourth-order valence-electron chi connectivity index (χ4n) is 1.51. The van der Waals surface area contributed by atoms with Crippen LogP contribution in [0.2, 0.25) is 0 Å². The minimum Gasteiger partial charge on any atom is -0.508 e. The molecule has 0 aliphatic carbocycles. The second-order valence-corrected chi connectivity index (χ2v) is 3.66. The lowest BCUT2D eigenvalue weighted by molar-refractivity contribution is 0.475. The molecule has 2 aromatic rings. The monoisotopic (exact) mass is 217 g/mol. The van der Waals surface area contributed by atoms with Gasteiger partial charge in [-0.2, -0.15) is 5.10 Å². The van der Waals surface area contributed by atoms with E-state index in [1.807, 2.05) is 36.3 Å². The minimum absolute atomic E-state index is 0.270. The number of rotatable bonds is 4. The van der Waals surface area contributed by atoms with Crippen LogP contribution in [-0.2, 0) is 6.42 Å². The molecule has 1 aromatic carbocycles. The Morgan fingerprint density at radius 1 is 1.31 bits per heavy atom. The summed E-state index contributed by atoms with van der Waals surface area (Å²) >= 11 is 0. The topological polar surface area (TPSA) is 50.1 Å². The first-order chi connectivity index (χ1) is 7.79. The van der Waals surface area contributed by atoms with Gasteiger partial charge in [0.2, 0.25) is 0 Å². The van der Waals surface area contributed by atoms with Crippen LogP contribution in [0.4, 0.5) is 0 Å². The number of phenols is 1. The van der Waals surface area contributed by atoms with E-state index in [9.17, 15) is 5.11 Å². The summed E-state index contributed by atoms with van der Waals surface area (Å²) in [4.78, 5) is 0. The average Bonchev–Trinajstić information content (AvgIpc) is 2.76. The molecular formula is C12H15N3O. The van der Waals surface area contributed by atoms with Gasteiger partial charge in [0.05, 0.1) is 11.9 Å². The number of benzene rings is 1. The Bertz CT molecular complexity index is 448. The Morgan fingerprint density at radius 2 is 2.06 bits per heavy atom. The highest BCUT2D eigenvalue weighted by molar-refractivity contribution is 5.36. The number of aromatic hydroxyl groups is 1. The van der Waals surface area contributed by atoms with Crippen LogP contribution in [0.15, 0.2) is 36.7 Å². The van der Waals surface area contributed by atoms with Gasteiger partial charge in [0.1, 0.15) is 5.75 Å². The zero-order chi connectivity index (χ0) is 11.4. The number of hydrogen-bond donors (Lipinski definition) is 2. The van der Waals surface area contributed by atoms with Crippen LogP contribution in [0.25, 0.3) is 5.69 Å². The molecule has 0 bridgehead atoms. The quantitative estimate of drug-likeness (QED) is 0.812. The standard InChI is InChI=1S/C12H15N3O/c1-13-7-6-10-8-14-15(9-10)11-2-4-12(16)5-3-11/h2-5,8-9,13,16H,6-7H2,1H3. The Hall–Kier alpha value is -1.81. The fraction of sp³-hybridized carbons (Fsp3) is 0.250. The molecule has 4 nitrogen and oxygen atoms in total. The number of hydrogen-bond acceptors (Lipinski definition) is 3. The van der Waals surface area contributed by atoms with Crippen LogP contribution < -0.4 is 5.32 Å². The van der Waals surface area contributed by atoms with Gasteiger partial charge in [-0.15, -0.1) is 0 Å². The van der Waals surface area contributed by atoms with Crippen LogP contribution in [0.5, 0.6) is 5.75 Å². The largest absolute Gasteiger partial charge is 0.508 e. The second kappa shape index (κ2) is 4.81. The normalized spacial score (nSPS) is 10.6. The van der Waals surface area contributed by atoms with Crippen LogP contribution in [-0.4, -0.2) is 28.5 Å². The van der Waals surface area contributed by atoms with Crippen molar-refractivity contribution in [2.75, 3.05) is 13.6 Å². The molecule has 2 rings (SSSR count). The van der Waals surface area contributed by atoms with Gasteiger partial charge in [0.25, 0.3) is 0 Å². The van der Waals surface area contributed by atoms with Crippen LogP contribution >= 0.6 is 0 Å². The number of phenolic OH excluding ortho intramolecular Hbond substituents is 1. The van der Waals surface area contributed by atoms with Crippen molar-refractivity contribution in [3.8, 4) is 11.4 Å². The van der Waals surface area contributed by atoms with Gasteiger partial charge in [0, 0.05) is 6.20 Å². The number of aromatic nitrogens is 2. The van der Waals surface area contributed by atoms with Gasteiger partial charge in [-0.25, -0.2) is 4.68 Å². The zero-order valence-electron chi connectivity index (χ0n) is 9.22. The molecule has 0 radical (unpaired) electrons. The molecule has 0 atom stereocenters. The summed E-state index contributed by atoms with van der Waals surface area (Å²) in [6, 6.07) is 6.99. The molecule has 16 heavy (non-hydrogen) atoms. The minimum atomic E-state index is 0.270. The third-order valence-corrected chi connectivity index (χ3v) is 2.41. The van der Waals surface area contributed by atoms with E-state index in [2.05, 4.69) is 10.4 Å². The van der Waals surface area contributed by atoms with E-state index in [0.29, 0.717) is 0 Å². The molecule has 0 aliphatic rings. The van der Waals surface area contributed by atoms with Crippen molar-refractivity contribution in [1.29, 1.82) is 0 Å². The average molecular weight is 217 g/mol. The Morgan fingerprint density at radius 3 is 2.75 bits per heavy atom.